The number of urea groups is 1. The Bertz CT molecular complexity index is 281. The Morgan fingerprint density at radius 2 is 1.93 bits per heavy atom. The zero-order valence-electron chi connectivity index (χ0n) is 10.1. The molecule has 1 heterocycles. The molecule has 0 aromatic heterocycles. The summed E-state index contributed by atoms with van der Waals surface area (Å²) in [6.07, 6.45) is 0.884. The molecule has 0 bridgehead atoms. The molecule has 0 radical (unpaired) electrons. The number of carbonyl (C=O) groups is 2. The van der Waals surface area contributed by atoms with Gasteiger partial charge in [-0.15, -0.1) is 0 Å². The van der Waals surface area contributed by atoms with E-state index in [9.17, 15) is 9.59 Å². The van der Waals surface area contributed by atoms with Gasteiger partial charge in [-0.3, -0.25) is 9.69 Å². The summed E-state index contributed by atoms with van der Waals surface area (Å²) in [5, 5.41) is 2.75. The summed E-state index contributed by atoms with van der Waals surface area (Å²) in [6, 6.07) is -0.612. The first-order chi connectivity index (χ1) is 6.79. The SMILES string of the molecule is CCC(C)C1NC(=O)N(C(C)(C)C)C1=O. The van der Waals surface area contributed by atoms with Gasteiger partial charge >= 0.3 is 6.03 Å². The van der Waals surface area contributed by atoms with Gasteiger partial charge in [-0.2, -0.15) is 0 Å². The predicted molar refractivity (Wildman–Crippen MR) is 58.4 cm³/mol. The van der Waals surface area contributed by atoms with Crippen molar-refractivity contribution in [1.82, 2.24) is 10.2 Å². The van der Waals surface area contributed by atoms with Crippen molar-refractivity contribution in [2.75, 3.05) is 0 Å². The van der Waals surface area contributed by atoms with Gasteiger partial charge in [0.25, 0.3) is 5.91 Å². The molecule has 0 aliphatic carbocycles. The molecule has 1 aliphatic heterocycles. The summed E-state index contributed by atoms with van der Waals surface area (Å²) < 4.78 is 0. The molecular weight excluding hydrogens is 192 g/mol. The van der Waals surface area contributed by atoms with E-state index in [1.54, 1.807) is 0 Å². The van der Waals surface area contributed by atoms with Crippen molar-refractivity contribution in [1.29, 1.82) is 0 Å². The summed E-state index contributed by atoms with van der Waals surface area (Å²) >= 11 is 0. The average Bonchev–Trinajstić information content (AvgIpc) is 2.39. The lowest BCUT2D eigenvalue weighted by molar-refractivity contribution is -0.131. The molecule has 4 heteroatoms. The third kappa shape index (κ3) is 2.13. The molecule has 0 aromatic carbocycles. The topological polar surface area (TPSA) is 49.4 Å². The molecule has 1 rings (SSSR count). The van der Waals surface area contributed by atoms with Crippen molar-refractivity contribution in [3.8, 4) is 0 Å². The van der Waals surface area contributed by atoms with E-state index in [0.717, 1.165) is 6.42 Å². The lowest BCUT2D eigenvalue weighted by Gasteiger charge is -2.29. The minimum atomic E-state index is -0.441. The van der Waals surface area contributed by atoms with Crippen molar-refractivity contribution in [2.24, 2.45) is 5.92 Å². The van der Waals surface area contributed by atoms with Crippen LogP contribution in [0.25, 0.3) is 0 Å². The Balaban J connectivity index is 2.89. The highest BCUT2D eigenvalue weighted by Crippen LogP contribution is 2.23. The van der Waals surface area contributed by atoms with E-state index >= 15 is 0 Å². The second-order valence-corrected chi connectivity index (χ2v) is 5.16. The number of hydrogen-bond donors (Lipinski definition) is 1. The quantitative estimate of drug-likeness (QED) is 0.709. The molecule has 0 spiro atoms. The van der Waals surface area contributed by atoms with Gasteiger partial charge in [-0.25, -0.2) is 4.79 Å². The van der Waals surface area contributed by atoms with Crippen LogP contribution in [0.4, 0.5) is 4.79 Å². The van der Waals surface area contributed by atoms with Crippen LogP contribution in [0.15, 0.2) is 0 Å². The summed E-state index contributed by atoms with van der Waals surface area (Å²) in [5.41, 5.74) is -0.441. The van der Waals surface area contributed by atoms with Crippen molar-refractivity contribution in [3.05, 3.63) is 0 Å². The Hall–Kier alpha value is -1.06. The molecule has 1 fully saturated rings. The molecule has 0 saturated carbocycles. The van der Waals surface area contributed by atoms with Crippen molar-refractivity contribution in [2.45, 2.75) is 52.6 Å². The van der Waals surface area contributed by atoms with Crippen LogP contribution in [0, 0.1) is 5.92 Å². The van der Waals surface area contributed by atoms with Gasteiger partial charge in [0.2, 0.25) is 0 Å². The summed E-state index contributed by atoms with van der Waals surface area (Å²) in [6.45, 7) is 9.59. The fourth-order valence-electron chi connectivity index (χ4n) is 1.76. The lowest BCUT2D eigenvalue weighted by Crippen LogP contribution is -2.46. The number of rotatable bonds is 2. The van der Waals surface area contributed by atoms with Gasteiger partial charge < -0.3 is 5.32 Å². The highest BCUT2D eigenvalue weighted by Gasteiger charge is 2.45. The Morgan fingerprint density at radius 1 is 1.40 bits per heavy atom. The van der Waals surface area contributed by atoms with Gasteiger partial charge in [0.05, 0.1) is 0 Å². The zero-order chi connectivity index (χ0) is 11.8. The number of nitrogens with one attached hydrogen (secondary N) is 1. The molecule has 15 heavy (non-hydrogen) atoms. The van der Waals surface area contributed by atoms with E-state index in [2.05, 4.69) is 5.32 Å². The normalized spacial score (nSPS) is 24.3. The standard InChI is InChI=1S/C11H20N2O2/c1-6-7(2)8-9(14)13(10(15)12-8)11(3,4)5/h7-8H,6H2,1-5H3,(H,12,15). The van der Waals surface area contributed by atoms with E-state index in [4.69, 9.17) is 0 Å². The van der Waals surface area contributed by atoms with Crippen LogP contribution in [-0.4, -0.2) is 28.4 Å². The van der Waals surface area contributed by atoms with E-state index in [-0.39, 0.29) is 23.9 Å². The van der Waals surface area contributed by atoms with Crippen LogP contribution in [0.2, 0.25) is 0 Å². The van der Waals surface area contributed by atoms with Crippen molar-refractivity contribution >= 4 is 11.9 Å². The number of hydrogen-bond acceptors (Lipinski definition) is 2. The minimum absolute atomic E-state index is 0.0955. The maximum Gasteiger partial charge on any atom is 0.325 e. The van der Waals surface area contributed by atoms with Gasteiger partial charge in [-0.05, 0) is 26.7 Å². The number of amides is 3. The molecule has 0 aromatic rings. The first-order valence-corrected chi connectivity index (χ1v) is 5.43. The maximum atomic E-state index is 12.0. The van der Waals surface area contributed by atoms with Gasteiger partial charge in [0.15, 0.2) is 0 Å². The number of imide groups is 1. The van der Waals surface area contributed by atoms with Crippen molar-refractivity contribution in [3.63, 3.8) is 0 Å². The minimum Gasteiger partial charge on any atom is -0.326 e. The molecule has 3 amide bonds. The third-order valence-electron chi connectivity index (χ3n) is 2.85. The molecule has 1 aliphatic rings. The smallest absolute Gasteiger partial charge is 0.325 e. The fraction of sp³-hybridized carbons (Fsp3) is 0.818. The average molecular weight is 212 g/mol. The second kappa shape index (κ2) is 3.83. The monoisotopic (exact) mass is 212 g/mol. The molecule has 4 nitrogen and oxygen atoms in total. The summed E-state index contributed by atoms with van der Waals surface area (Å²) in [4.78, 5) is 25.0. The van der Waals surface area contributed by atoms with Crippen LogP contribution < -0.4 is 5.32 Å². The van der Waals surface area contributed by atoms with Crippen LogP contribution in [0.1, 0.15) is 41.0 Å². The number of nitrogens with zero attached hydrogens (tertiary/aromatic N) is 1. The Labute approximate surface area is 91.0 Å². The fourth-order valence-corrected chi connectivity index (χ4v) is 1.76. The zero-order valence-corrected chi connectivity index (χ0v) is 10.1. The van der Waals surface area contributed by atoms with Crippen LogP contribution in [0.5, 0.6) is 0 Å². The summed E-state index contributed by atoms with van der Waals surface area (Å²) in [5.74, 6) is 0.0932. The highest BCUT2D eigenvalue weighted by molar-refractivity contribution is 6.05. The van der Waals surface area contributed by atoms with E-state index < -0.39 is 5.54 Å². The predicted octanol–water partition coefficient (Wildman–Crippen LogP) is 1.75. The second-order valence-electron chi connectivity index (χ2n) is 5.16. The molecule has 1 N–H and O–H groups in total. The van der Waals surface area contributed by atoms with Crippen LogP contribution in [0.3, 0.4) is 0 Å². The summed E-state index contributed by atoms with van der Waals surface area (Å²) in [7, 11) is 0. The van der Waals surface area contributed by atoms with Crippen molar-refractivity contribution < 1.29 is 9.59 Å². The van der Waals surface area contributed by atoms with E-state index in [1.807, 2.05) is 34.6 Å². The maximum absolute atomic E-state index is 12.0. The van der Waals surface area contributed by atoms with Gasteiger partial charge in [0, 0.05) is 5.54 Å². The number of carbonyl (C=O) groups excluding carboxylic acids is 2. The molecule has 1 saturated heterocycles. The first kappa shape index (κ1) is 12.0. The van der Waals surface area contributed by atoms with Crippen LogP contribution >= 0.6 is 0 Å². The van der Waals surface area contributed by atoms with Gasteiger partial charge in [-0.1, -0.05) is 20.3 Å². The molecule has 2 unspecified atom stereocenters. The largest absolute Gasteiger partial charge is 0.326 e. The lowest BCUT2D eigenvalue weighted by atomic mass is 9.98. The van der Waals surface area contributed by atoms with Gasteiger partial charge in [0.1, 0.15) is 6.04 Å². The third-order valence-corrected chi connectivity index (χ3v) is 2.85. The first-order valence-electron chi connectivity index (χ1n) is 5.43. The molecule has 86 valence electrons. The van der Waals surface area contributed by atoms with E-state index in [0.29, 0.717) is 0 Å². The molecular formula is C11H20N2O2. The highest BCUT2D eigenvalue weighted by atomic mass is 16.2. The Morgan fingerprint density at radius 3 is 2.27 bits per heavy atom. The molecule has 2 atom stereocenters. The Kier molecular flexibility index (Phi) is 3.07. The van der Waals surface area contributed by atoms with E-state index in [1.165, 1.54) is 4.90 Å². The van der Waals surface area contributed by atoms with Crippen LogP contribution in [-0.2, 0) is 4.79 Å².